The van der Waals surface area contributed by atoms with Crippen molar-refractivity contribution >= 4 is 27.3 Å². The van der Waals surface area contributed by atoms with Crippen LogP contribution in [0.5, 0.6) is 0 Å². The first-order valence-electron chi connectivity index (χ1n) is 6.80. The lowest BCUT2D eigenvalue weighted by molar-refractivity contribution is 0.226. The van der Waals surface area contributed by atoms with E-state index in [2.05, 4.69) is 39.3 Å². The summed E-state index contributed by atoms with van der Waals surface area (Å²) in [4.78, 5) is 3.95. The molecule has 0 atom stereocenters. The molecule has 0 aromatic carbocycles. The molecule has 1 fully saturated rings. The molecule has 0 radical (unpaired) electrons. The third kappa shape index (κ3) is 4.65. The second-order valence-corrected chi connectivity index (χ2v) is 7.44. The van der Waals surface area contributed by atoms with Crippen molar-refractivity contribution in [1.82, 2.24) is 4.90 Å². The standard InChI is InChI=1S/C14H23BrN2S/c1-17(7-6-14-8-12(15)10-18-14)9-11-2-4-13(16)5-3-11/h8,10-11,13H,2-7,9,16H2,1H3. The first-order chi connectivity index (χ1) is 8.63. The quantitative estimate of drug-likeness (QED) is 0.895. The fraction of sp³-hybridized carbons (Fsp3) is 0.714. The monoisotopic (exact) mass is 330 g/mol. The van der Waals surface area contributed by atoms with Crippen molar-refractivity contribution < 1.29 is 0 Å². The van der Waals surface area contributed by atoms with Gasteiger partial charge in [-0.15, -0.1) is 11.3 Å². The molecule has 1 aliphatic rings. The number of likely N-dealkylation sites (N-methyl/N-ethyl adjacent to an activating group) is 1. The van der Waals surface area contributed by atoms with Gasteiger partial charge >= 0.3 is 0 Å². The van der Waals surface area contributed by atoms with Crippen LogP contribution < -0.4 is 5.73 Å². The zero-order valence-corrected chi connectivity index (χ0v) is 13.5. The van der Waals surface area contributed by atoms with E-state index in [-0.39, 0.29) is 0 Å². The van der Waals surface area contributed by atoms with Gasteiger partial charge < -0.3 is 10.6 Å². The predicted molar refractivity (Wildman–Crippen MR) is 83.2 cm³/mol. The van der Waals surface area contributed by atoms with Gasteiger partial charge in [-0.1, -0.05) is 0 Å². The van der Waals surface area contributed by atoms with E-state index in [1.807, 2.05) is 11.3 Å². The number of thiophene rings is 1. The highest BCUT2D eigenvalue weighted by Crippen LogP contribution is 2.24. The van der Waals surface area contributed by atoms with Crippen molar-refractivity contribution in [1.29, 1.82) is 0 Å². The molecule has 2 rings (SSSR count). The highest BCUT2D eigenvalue weighted by atomic mass is 79.9. The van der Waals surface area contributed by atoms with E-state index in [0.717, 1.165) is 12.5 Å². The van der Waals surface area contributed by atoms with Crippen molar-refractivity contribution in [3.8, 4) is 0 Å². The summed E-state index contributed by atoms with van der Waals surface area (Å²) in [6.45, 7) is 2.40. The fourth-order valence-electron chi connectivity index (χ4n) is 2.69. The summed E-state index contributed by atoms with van der Waals surface area (Å²) in [6, 6.07) is 2.70. The third-order valence-electron chi connectivity index (χ3n) is 3.82. The van der Waals surface area contributed by atoms with E-state index in [0.29, 0.717) is 6.04 Å². The van der Waals surface area contributed by atoms with E-state index in [1.54, 1.807) is 0 Å². The minimum Gasteiger partial charge on any atom is -0.328 e. The maximum atomic E-state index is 5.95. The summed E-state index contributed by atoms with van der Waals surface area (Å²) >= 11 is 5.36. The average Bonchev–Trinajstić information content (AvgIpc) is 2.76. The molecule has 1 heterocycles. The second kappa shape index (κ2) is 7.04. The van der Waals surface area contributed by atoms with Crippen LogP contribution in [0.1, 0.15) is 30.6 Å². The van der Waals surface area contributed by atoms with Crippen LogP contribution in [0.2, 0.25) is 0 Å². The van der Waals surface area contributed by atoms with Gasteiger partial charge in [-0.25, -0.2) is 0 Å². The van der Waals surface area contributed by atoms with Crippen LogP contribution in [0.15, 0.2) is 15.9 Å². The van der Waals surface area contributed by atoms with Gasteiger partial charge in [0.05, 0.1) is 0 Å². The number of nitrogens with two attached hydrogens (primary N) is 1. The normalized spacial score (nSPS) is 24.7. The minimum atomic E-state index is 0.468. The maximum Gasteiger partial charge on any atom is 0.0285 e. The summed E-state index contributed by atoms with van der Waals surface area (Å²) in [6.07, 6.45) is 6.23. The minimum absolute atomic E-state index is 0.468. The fourth-order valence-corrected chi connectivity index (χ4v) is 4.13. The molecule has 2 N–H and O–H groups in total. The number of rotatable bonds is 5. The van der Waals surface area contributed by atoms with Crippen LogP contribution in [0.4, 0.5) is 0 Å². The summed E-state index contributed by atoms with van der Waals surface area (Å²) < 4.78 is 1.21. The van der Waals surface area contributed by atoms with Crippen molar-refractivity contribution in [2.45, 2.75) is 38.1 Å². The molecule has 102 valence electrons. The number of nitrogens with zero attached hydrogens (tertiary/aromatic N) is 1. The maximum absolute atomic E-state index is 5.95. The lowest BCUT2D eigenvalue weighted by Gasteiger charge is -2.29. The van der Waals surface area contributed by atoms with E-state index >= 15 is 0 Å². The smallest absolute Gasteiger partial charge is 0.0285 e. The van der Waals surface area contributed by atoms with Gasteiger partial charge in [-0.3, -0.25) is 0 Å². The molecule has 1 saturated carbocycles. The zero-order valence-electron chi connectivity index (χ0n) is 11.1. The molecule has 0 amide bonds. The lowest BCUT2D eigenvalue weighted by Crippen LogP contribution is -2.33. The highest BCUT2D eigenvalue weighted by Gasteiger charge is 2.19. The van der Waals surface area contributed by atoms with Crippen LogP contribution in [-0.2, 0) is 6.42 Å². The Hall–Kier alpha value is 0.1000. The van der Waals surface area contributed by atoms with Crippen molar-refractivity contribution in [2.24, 2.45) is 11.7 Å². The van der Waals surface area contributed by atoms with Gasteiger partial charge in [0.25, 0.3) is 0 Å². The molecule has 0 aliphatic heterocycles. The summed E-state index contributed by atoms with van der Waals surface area (Å²) in [7, 11) is 2.25. The Morgan fingerprint density at radius 3 is 2.72 bits per heavy atom. The predicted octanol–water partition coefficient (Wildman–Crippen LogP) is 3.50. The van der Waals surface area contributed by atoms with Gasteiger partial charge in [-0.2, -0.15) is 0 Å². The van der Waals surface area contributed by atoms with Gasteiger partial charge in [0.2, 0.25) is 0 Å². The number of hydrogen-bond donors (Lipinski definition) is 1. The lowest BCUT2D eigenvalue weighted by atomic mass is 9.86. The van der Waals surface area contributed by atoms with E-state index < -0.39 is 0 Å². The summed E-state index contributed by atoms with van der Waals surface area (Å²) in [5, 5.41) is 2.16. The van der Waals surface area contributed by atoms with Crippen molar-refractivity contribution in [3.63, 3.8) is 0 Å². The molecule has 0 spiro atoms. The molecule has 0 saturated heterocycles. The van der Waals surface area contributed by atoms with Gasteiger partial charge in [0.1, 0.15) is 0 Å². The summed E-state index contributed by atoms with van der Waals surface area (Å²) in [5.74, 6) is 0.866. The Labute approximate surface area is 123 Å². The molecular formula is C14H23BrN2S. The molecule has 1 aromatic heterocycles. The van der Waals surface area contributed by atoms with E-state index in [1.165, 1.54) is 48.0 Å². The van der Waals surface area contributed by atoms with Gasteiger partial charge in [-0.05, 0) is 67.1 Å². The highest BCUT2D eigenvalue weighted by molar-refractivity contribution is 9.10. The Bertz CT molecular complexity index is 358. The van der Waals surface area contributed by atoms with Crippen LogP contribution >= 0.6 is 27.3 Å². The number of halogens is 1. The van der Waals surface area contributed by atoms with Gasteiger partial charge in [0, 0.05) is 33.9 Å². The molecule has 0 bridgehead atoms. The Kier molecular flexibility index (Phi) is 5.67. The molecule has 1 aliphatic carbocycles. The topological polar surface area (TPSA) is 29.3 Å². The second-order valence-electron chi connectivity index (χ2n) is 5.52. The van der Waals surface area contributed by atoms with Crippen molar-refractivity contribution in [3.05, 3.63) is 20.8 Å². The largest absolute Gasteiger partial charge is 0.328 e. The molecule has 18 heavy (non-hydrogen) atoms. The third-order valence-corrected chi connectivity index (χ3v) is 5.58. The number of hydrogen-bond acceptors (Lipinski definition) is 3. The first-order valence-corrected chi connectivity index (χ1v) is 8.48. The Morgan fingerprint density at radius 2 is 2.11 bits per heavy atom. The molecule has 1 aromatic rings. The van der Waals surface area contributed by atoms with Crippen LogP contribution in [0.25, 0.3) is 0 Å². The Balaban J connectivity index is 1.67. The van der Waals surface area contributed by atoms with E-state index in [4.69, 9.17) is 5.73 Å². The molecular weight excluding hydrogens is 308 g/mol. The van der Waals surface area contributed by atoms with E-state index in [9.17, 15) is 0 Å². The summed E-state index contributed by atoms with van der Waals surface area (Å²) in [5.41, 5.74) is 5.95. The Morgan fingerprint density at radius 1 is 1.39 bits per heavy atom. The van der Waals surface area contributed by atoms with Crippen LogP contribution in [-0.4, -0.2) is 31.1 Å². The first kappa shape index (κ1) is 14.5. The van der Waals surface area contributed by atoms with Gasteiger partial charge in [0.15, 0.2) is 0 Å². The zero-order chi connectivity index (χ0) is 13.0. The average molecular weight is 331 g/mol. The molecule has 4 heteroatoms. The van der Waals surface area contributed by atoms with Crippen LogP contribution in [0, 0.1) is 5.92 Å². The molecule has 0 unspecified atom stereocenters. The van der Waals surface area contributed by atoms with Crippen molar-refractivity contribution in [2.75, 3.05) is 20.1 Å². The molecule has 2 nitrogen and oxygen atoms in total. The van der Waals surface area contributed by atoms with Crippen LogP contribution in [0.3, 0.4) is 0 Å². The SMILES string of the molecule is CN(CCc1cc(Br)cs1)CC1CCC(N)CC1.